The number of methoxy groups -OCH3 is 1. The summed E-state index contributed by atoms with van der Waals surface area (Å²) in [4.78, 5) is 0.208. The molecule has 112 valence electrons. The Kier molecular flexibility index (Phi) is 4.56. The van der Waals surface area contributed by atoms with E-state index in [1.54, 1.807) is 30.3 Å². The van der Waals surface area contributed by atoms with Crippen LogP contribution in [0.25, 0.3) is 0 Å². The number of sulfone groups is 1. The Balaban J connectivity index is 2.34. The van der Waals surface area contributed by atoms with E-state index in [9.17, 15) is 13.5 Å². The lowest BCUT2D eigenvalue weighted by Crippen LogP contribution is -2.02. The second-order valence-corrected chi connectivity index (χ2v) is 7.05. The third kappa shape index (κ3) is 3.56. The third-order valence-corrected chi connectivity index (χ3v) is 4.58. The van der Waals surface area contributed by atoms with Crippen LogP contribution < -0.4 is 4.74 Å². The van der Waals surface area contributed by atoms with Crippen LogP contribution >= 0.6 is 11.6 Å². The SMILES string of the molecule is COc1ccc(C(O)c2ccc(S(C)(=O)=O)cc2)c(Cl)c1. The van der Waals surface area contributed by atoms with Crippen molar-refractivity contribution in [1.82, 2.24) is 0 Å². The lowest BCUT2D eigenvalue weighted by molar-refractivity contribution is 0.220. The molecule has 0 aliphatic carbocycles. The Morgan fingerprint density at radius 2 is 1.76 bits per heavy atom. The van der Waals surface area contributed by atoms with Gasteiger partial charge in [0.05, 0.1) is 17.0 Å². The largest absolute Gasteiger partial charge is 0.497 e. The fraction of sp³-hybridized carbons (Fsp3) is 0.200. The van der Waals surface area contributed by atoms with Gasteiger partial charge in [-0.05, 0) is 29.8 Å². The van der Waals surface area contributed by atoms with E-state index >= 15 is 0 Å². The van der Waals surface area contributed by atoms with Crippen molar-refractivity contribution in [2.75, 3.05) is 13.4 Å². The minimum Gasteiger partial charge on any atom is -0.497 e. The number of aliphatic hydroxyl groups is 1. The molecule has 0 saturated carbocycles. The minimum atomic E-state index is -3.25. The minimum absolute atomic E-state index is 0.208. The molecule has 0 spiro atoms. The molecule has 0 aromatic heterocycles. The van der Waals surface area contributed by atoms with Crippen molar-refractivity contribution in [2.45, 2.75) is 11.0 Å². The Labute approximate surface area is 128 Å². The summed E-state index contributed by atoms with van der Waals surface area (Å²) in [7, 11) is -1.72. The molecule has 21 heavy (non-hydrogen) atoms. The summed E-state index contributed by atoms with van der Waals surface area (Å²) < 4.78 is 27.9. The maximum Gasteiger partial charge on any atom is 0.175 e. The Morgan fingerprint density at radius 3 is 2.24 bits per heavy atom. The predicted molar refractivity (Wildman–Crippen MR) is 81.6 cm³/mol. The van der Waals surface area contributed by atoms with Crippen molar-refractivity contribution in [3.05, 3.63) is 58.6 Å². The first-order valence-electron chi connectivity index (χ1n) is 6.14. The van der Waals surface area contributed by atoms with Gasteiger partial charge in [0.15, 0.2) is 9.84 Å². The van der Waals surface area contributed by atoms with Crippen LogP contribution in [-0.2, 0) is 9.84 Å². The van der Waals surface area contributed by atoms with Gasteiger partial charge < -0.3 is 9.84 Å². The summed E-state index contributed by atoms with van der Waals surface area (Å²) in [5, 5.41) is 10.7. The maximum atomic E-state index is 11.4. The molecule has 4 nitrogen and oxygen atoms in total. The summed E-state index contributed by atoms with van der Waals surface area (Å²) in [6.45, 7) is 0. The van der Waals surface area contributed by atoms with E-state index in [4.69, 9.17) is 16.3 Å². The average molecular weight is 327 g/mol. The highest BCUT2D eigenvalue weighted by molar-refractivity contribution is 7.90. The van der Waals surface area contributed by atoms with Crippen LogP contribution in [0.5, 0.6) is 5.75 Å². The molecule has 0 radical (unpaired) electrons. The molecule has 2 rings (SSSR count). The number of aliphatic hydroxyl groups excluding tert-OH is 1. The summed E-state index contributed by atoms with van der Waals surface area (Å²) in [5.74, 6) is 0.600. The van der Waals surface area contributed by atoms with Gasteiger partial charge in [0.2, 0.25) is 0 Å². The van der Waals surface area contributed by atoms with E-state index in [2.05, 4.69) is 0 Å². The highest BCUT2D eigenvalue weighted by Gasteiger charge is 2.15. The molecule has 0 aliphatic heterocycles. The van der Waals surface area contributed by atoms with Gasteiger partial charge >= 0.3 is 0 Å². The Morgan fingerprint density at radius 1 is 1.14 bits per heavy atom. The van der Waals surface area contributed by atoms with Gasteiger partial charge in [0.25, 0.3) is 0 Å². The van der Waals surface area contributed by atoms with E-state index in [0.29, 0.717) is 21.9 Å². The van der Waals surface area contributed by atoms with Crippen LogP contribution in [0, 0.1) is 0 Å². The fourth-order valence-electron chi connectivity index (χ4n) is 1.93. The lowest BCUT2D eigenvalue weighted by Gasteiger charge is -2.14. The lowest BCUT2D eigenvalue weighted by atomic mass is 10.0. The van der Waals surface area contributed by atoms with Crippen LogP contribution in [0.2, 0.25) is 5.02 Å². The molecule has 0 fully saturated rings. The zero-order valence-corrected chi connectivity index (χ0v) is 13.1. The van der Waals surface area contributed by atoms with Crippen molar-refractivity contribution in [3.8, 4) is 5.75 Å². The van der Waals surface area contributed by atoms with E-state index in [0.717, 1.165) is 6.26 Å². The first-order chi connectivity index (χ1) is 9.82. The van der Waals surface area contributed by atoms with Gasteiger partial charge in [-0.1, -0.05) is 29.8 Å². The first kappa shape index (κ1) is 15.8. The predicted octanol–water partition coefficient (Wildman–Crippen LogP) is 2.83. The average Bonchev–Trinajstić information content (AvgIpc) is 2.45. The Bertz CT molecular complexity index is 739. The quantitative estimate of drug-likeness (QED) is 0.938. The van der Waals surface area contributed by atoms with E-state index in [1.165, 1.54) is 19.2 Å². The van der Waals surface area contributed by atoms with E-state index < -0.39 is 15.9 Å². The standard InChI is InChI=1S/C15H15ClO4S/c1-20-11-5-8-13(14(16)9-11)15(17)10-3-6-12(7-4-10)21(2,18)19/h3-9,15,17H,1-2H3. The molecular weight excluding hydrogens is 312 g/mol. The third-order valence-electron chi connectivity index (χ3n) is 3.13. The topological polar surface area (TPSA) is 63.6 Å². The van der Waals surface area contributed by atoms with Gasteiger partial charge in [-0.2, -0.15) is 0 Å². The van der Waals surface area contributed by atoms with Gasteiger partial charge in [-0.25, -0.2) is 8.42 Å². The zero-order chi connectivity index (χ0) is 15.6. The molecule has 0 saturated heterocycles. The number of hydrogen-bond donors (Lipinski definition) is 1. The molecule has 6 heteroatoms. The summed E-state index contributed by atoms with van der Waals surface area (Å²) in [5.41, 5.74) is 1.10. The zero-order valence-electron chi connectivity index (χ0n) is 11.6. The fourth-order valence-corrected chi connectivity index (χ4v) is 2.84. The molecule has 2 aromatic carbocycles. The van der Waals surface area contributed by atoms with E-state index in [1.807, 2.05) is 0 Å². The highest BCUT2D eigenvalue weighted by Crippen LogP contribution is 2.31. The molecule has 1 unspecified atom stereocenters. The maximum absolute atomic E-state index is 11.4. The Hall–Kier alpha value is -1.56. The van der Waals surface area contributed by atoms with Gasteiger partial charge in [-0.3, -0.25) is 0 Å². The monoisotopic (exact) mass is 326 g/mol. The molecule has 1 atom stereocenters. The number of hydrogen-bond acceptors (Lipinski definition) is 4. The first-order valence-corrected chi connectivity index (χ1v) is 8.41. The molecule has 2 aromatic rings. The number of halogens is 1. The number of benzene rings is 2. The van der Waals surface area contributed by atoms with Crippen molar-refractivity contribution in [1.29, 1.82) is 0 Å². The van der Waals surface area contributed by atoms with Gasteiger partial charge in [0, 0.05) is 11.8 Å². The molecule has 0 heterocycles. The highest BCUT2D eigenvalue weighted by atomic mass is 35.5. The second kappa shape index (κ2) is 6.05. The normalized spacial score (nSPS) is 13.0. The molecular formula is C15H15ClO4S. The second-order valence-electron chi connectivity index (χ2n) is 4.63. The van der Waals surface area contributed by atoms with E-state index in [-0.39, 0.29) is 4.90 Å². The van der Waals surface area contributed by atoms with Gasteiger partial charge in [0.1, 0.15) is 11.9 Å². The van der Waals surface area contributed by atoms with Crippen molar-refractivity contribution in [3.63, 3.8) is 0 Å². The smallest absolute Gasteiger partial charge is 0.175 e. The molecule has 0 bridgehead atoms. The van der Waals surface area contributed by atoms with Crippen LogP contribution in [0.1, 0.15) is 17.2 Å². The summed E-state index contributed by atoms with van der Waals surface area (Å²) in [6.07, 6.45) is 0.204. The summed E-state index contributed by atoms with van der Waals surface area (Å²) in [6, 6.07) is 11.1. The van der Waals surface area contributed by atoms with Crippen LogP contribution in [0.15, 0.2) is 47.4 Å². The molecule has 0 aliphatic rings. The molecule has 1 N–H and O–H groups in total. The molecule has 0 amide bonds. The van der Waals surface area contributed by atoms with Crippen molar-refractivity contribution >= 4 is 21.4 Å². The summed E-state index contributed by atoms with van der Waals surface area (Å²) >= 11 is 6.12. The van der Waals surface area contributed by atoms with Crippen LogP contribution in [-0.4, -0.2) is 26.9 Å². The van der Waals surface area contributed by atoms with Crippen LogP contribution in [0.4, 0.5) is 0 Å². The number of rotatable bonds is 4. The number of ether oxygens (including phenoxy) is 1. The van der Waals surface area contributed by atoms with Gasteiger partial charge in [-0.15, -0.1) is 0 Å². The van der Waals surface area contributed by atoms with Crippen molar-refractivity contribution in [2.24, 2.45) is 0 Å². The van der Waals surface area contributed by atoms with Crippen molar-refractivity contribution < 1.29 is 18.3 Å². The van der Waals surface area contributed by atoms with Crippen LogP contribution in [0.3, 0.4) is 0 Å².